The third kappa shape index (κ3) is 5.36. The summed E-state index contributed by atoms with van der Waals surface area (Å²) in [5.74, 6) is 1.70. The van der Waals surface area contributed by atoms with Gasteiger partial charge >= 0.3 is 0 Å². The molecule has 0 bridgehead atoms. The van der Waals surface area contributed by atoms with E-state index in [1.54, 1.807) is 14.2 Å². The predicted octanol–water partition coefficient (Wildman–Crippen LogP) is 3.89. The van der Waals surface area contributed by atoms with E-state index in [0.717, 1.165) is 48.5 Å². The summed E-state index contributed by atoms with van der Waals surface area (Å²) in [6.45, 7) is 7.09. The quantitative estimate of drug-likeness (QED) is 0.591. The topological polar surface area (TPSA) is 72.4 Å². The second kappa shape index (κ2) is 11.2. The highest BCUT2D eigenvalue weighted by molar-refractivity contribution is 6.15. The summed E-state index contributed by atoms with van der Waals surface area (Å²) in [6, 6.07) is 12.2. The molecule has 0 spiro atoms. The number of ether oxygens (including phenoxy) is 3. The summed E-state index contributed by atoms with van der Waals surface area (Å²) in [7, 11) is 5.48. The molecule has 0 aromatic heterocycles. The van der Waals surface area contributed by atoms with Crippen molar-refractivity contribution in [3.05, 3.63) is 58.7 Å². The number of carbonyl (C=O) groups is 1. The average Bonchev–Trinajstić information content (AvgIpc) is 2.88. The fraction of sp³-hybridized carbons (Fsp3) is 0.500. The van der Waals surface area contributed by atoms with Crippen molar-refractivity contribution in [2.24, 2.45) is 4.99 Å². The molecule has 2 aromatic rings. The van der Waals surface area contributed by atoms with Gasteiger partial charge in [0, 0.05) is 36.3 Å². The number of amides is 1. The Labute approximate surface area is 208 Å². The number of benzene rings is 2. The fourth-order valence-corrected chi connectivity index (χ4v) is 5.05. The van der Waals surface area contributed by atoms with E-state index in [4.69, 9.17) is 19.2 Å². The maximum Gasteiger partial charge on any atom is 0.251 e. The van der Waals surface area contributed by atoms with E-state index in [-0.39, 0.29) is 18.0 Å². The second-order valence-electron chi connectivity index (χ2n) is 9.34. The summed E-state index contributed by atoms with van der Waals surface area (Å²) in [4.78, 5) is 20.4. The van der Waals surface area contributed by atoms with E-state index in [9.17, 15) is 4.79 Å². The minimum absolute atomic E-state index is 0.00450. The largest absolute Gasteiger partial charge is 0.493 e. The van der Waals surface area contributed by atoms with Gasteiger partial charge in [0.1, 0.15) is 0 Å². The lowest BCUT2D eigenvalue weighted by atomic mass is 9.79. The third-order valence-corrected chi connectivity index (χ3v) is 6.98. The molecular weight excluding hydrogens is 442 g/mol. The molecule has 188 valence electrons. The van der Waals surface area contributed by atoms with Crippen LogP contribution in [-0.4, -0.2) is 76.2 Å². The first-order valence-electron chi connectivity index (χ1n) is 12.5. The number of piperidine rings is 1. The molecule has 35 heavy (non-hydrogen) atoms. The first kappa shape index (κ1) is 25.2. The highest BCUT2D eigenvalue weighted by Gasteiger charge is 2.36. The van der Waals surface area contributed by atoms with Crippen molar-refractivity contribution in [1.29, 1.82) is 0 Å². The molecule has 2 aliphatic heterocycles. The van der Waals surface area contributed by atoms with Crippen LogP contribution in [0.15, 0.2) is 41.4 Å². The molecule has 1 amide bonds. The van der Waals surface area contributed by atoms with Crippen molar-refractivity contribution in [3.8, 4) is 11.5 Å². The number of carbonyl (C=O) groups excluding carboxylic acids is 1. The van der Waals surface area contributed by atoms with Gasteiger partial charge in [-0.3, -0.25) is 9.79 Å². The van der Waals surface area contributed by atoms with Crippen molar-refractivity contribution < 1.29 is 19.0 Å². The summed E-state index contributed by atoms with van der Waals surface area (Å²) < 4.78 is 16.8. The molecule has 7 nitrogen and oxygen atoms in total. The Morgan fingerprint density at radius 1 is 1.17 bits per heavy atom. The molecule has 7 heteroatoms. The van der Waals surface area contributed by atoms with E-state index in [1.165, 1.54) is 5.56 Å². The molecule has 2 heterocycles. The number of hydrogen-bond acceptors (Lipinski definition) is 6. The molecule has 1 N–H and O–H groups in total. The minimum Gasteiger partial charge on any atom is -0.493 e. The Kier molecular flexibility index (Phi) is 8.08. The number of methoxy groups -OCH3 is 2. The van der Waals surface area contributed by atoms with Crippen LogP contribution in [0.5, 0.6) is 11.5 Å². The van der Waals surface area contributed by atoms with Gasteiger partial charge in [0.2, 0.25) is 0 Å². The third-order valence-electron chi connectivity index (χ3n) is 6.98. The first-order chi connectivity index (χ1) is 17.0. The number of fused-ring (bicyclic) bond motifs is 3. The molecular formula is C28H37N3O4. The van der Waals surface area contributed by atoms with E-state index in [0.29, 0.717) is 30.4 Å². The molecule has 2 aromatic carbocycles. The van der Waals surface area contributed by atoms with Crippen LogP contribution in [0.2, 0.25) is 0 Å². The number of aliphatic imine (C=N–C) groups is 1. The number of nitrogens with one attached hydrogen (secondary N) is 1. The molecule has 0 saturated carbocycles. The van der Waals surface area contributed by atoms with E-state index < -0.39 is 0 Å². The summed E-state index contributed by atoms with van der Waals surface area (Å²) in [6.07, 6.45) is 1.83. The Bertz CT molecular complexity index is 1070. The van der Waals surface area contributed by atoms with Gasteiger partial charge in [0.25, 0.3) is 5.91 Å². The smallest absolute Gasteiger partial charge is 0.251 e. The molecule has 3 atom stereocenters. The number of nitrogens with zero attached hydrogens (tertiary/aromatic N) is 2. The standard InChI is InChI=1S/C28H37N3O4/c1-6-20(17-33-4)29-28(32)19-10-8-18(9-11-19)27-22-15-25(34-5)26(35-7-2)14-21(22)23-16-31(3)13-12-24(23)30-27/h8-11,14-15,20,23-24H,6-7,12-13,16-17H2,1-5H3,(H,29,32)/t20?,23-,24-/m1/s1. The number of likely N-dealkylation sites (tertiary alicyclic amines) is 1. The Balaban J connectivity index is 1.69. The van der Waals surface area contributed by atoms with Crippen LogP contribution in [0.3, 0.4) is 0 Å². The van der Waals surface area contributed by atoms with Gasteiger partial charge in [-0.05, 0) is 63.2 Å². The Morgan fingerprint density at radius 2 is 1.94 bits per heavy atom. The van der Waals surface area contributed by atoms with E-state index in [2.05, 4.69) is 29.4 Å². The lowest BCUT2D eigenvalue weighted by molar-refractivity contribution is 0.0894. The zero-order chi connectivity index (χ0) is 24.9. The molecule has 1 fully saturated rings. The second-order valence-corrected chi connectivity index (χ2v) is 9.34. The molecule has 4 rings (SSSR count). The molecule has 0 radical (unpaired) electrons. The average molecular weight is 480 g/mol. The van der Waals surface area contributed by atoms with Crippen LogP contribution in [0.4, 0.5) is 0 Å². The minimum atomic E-state index is -0.0927. The SMILES string of the molecule is CCOc1cc2c(cc1OC)C(c1ccc(C(=O)NC(CC)COC)cc1)=N[C@@H]1CCN(C)C[C@H]21. The summed E-state index contributed by atoms with van der Waals surface area (Å²) in [5, 5.41) is 3.04. The van der Waals surface area contributed by atoms with E-state index in [1.807, 2.05) is 38.1 Å². The highest BCUT2D eigenvalue weighted by atomic mass is 16.5. The van der Waals surface area contributed by atoms with Gasteiger partial charge in [0.15, 0.2) is 11.5 Å². The highest BCUT2D eigenvalue weighted by Crippen LogP contribution is 2.42. The van der Waals surface area contributed by atoms with Crippen LogP contribution < -0.4 is 14.8 Å². The zero-order valence-corrected chi connectivity index (χ0v) is 21.5. The lowest BCUT2D eigenvalue weighted by Gasteiger charge is -2.39. The van der Waals surface area contributed by atoms with Crippen LogP contribution in [0, 0.1) is 0 Å². The van der Waals surface area contributed by atoms with Crippen molar-refractivity contribution in [2.45, 2.75) is 44.7 Å². The zero-order valence-electron chi connectivity index (χ0n) is 21.5. The summed E-state index contributed by atoms with van der Waals surface area (Å²) >= 11 is 0. The van der Waals surface area contributed by atoms with Crippen molar-refractivity contribution >= 4 is 11.6 Å². The van der Waals surface area contributed by atoms with Gasteiger partial charge in [0.05, 0.1) is 38.1 Å². The molecule has 1 saturated heterocycles. The Hall–Kier alpha value is -2.90. The van der Waals surface area contributed by atoms with Crippen molar-refractivity contribution in [3.63, 3.8) is 0 Å². The van der Waals surface area contributed by atoms with Gasteiger partial charge in [-0.15, -0.1) is 0 Å². The van der Waals surface area contributed by atoms with Gasteiger partial charge in [-0.1, -0.05) is 19.1 Å². The van der Waals surface area contributed by atoms with Crippen LogP contribution >= 0.6 is 0 Å². The van der Waals surface area contributed by atoms with Gasteiger partial charge in [-0.2, -0.15) is 0 Å². The fourth-order valence-electron chi connectivity index (χ4n) is 5.05. The maximum atomic E-state index is 12.7. The molecule has 1 unspecified atom stereocenters. The monoisotopic (exact) mass is 479 g/mol. The van der Waals surface area contributed by atoms with Crippen molar-refractivity contribution in [2.75, 3.05) is 47.6 Å². The number of likely N-dealkylation sites (N-methyl/N-ethyl adjacent to an activating group) is 1. The van der Waals surface area contributed by atoms with Gasteiger partial charge in [-0.25, -0.2) is 0 Å². The maximum absolute atomic E-state index is 12.7. The van der Waals surface area contributed by atoms with Crippen LogP contribution in [0.25, 0.3) is 0 Å². The van der Waals surface area contributed by atoms with Gasteiger partial charge < -0.3 is 24.4 Å². The predicted molar refractivity (Wildman–Crippen MR) is 138 cm³/mol. The molecule has 2 aliphatic rings. The van der Waals surface area contributed by atoms with E-state index >= 15 is 0 Å². The summed E-state index contributed by atoms with van der Waals surface area (Å²) in [5.41, 5.74) is 4.90. The normalized spacial score (nSPS) is 20.3. The number of rotatable bonds is 9. The van der Waals surface area contributed by atoms with Crippen molar-refractivity contribution in [1.82, 2.24) is 10.2 Å². The Morgan fingerprint density at radius 3 is 2.60 bits per heavy atom. The lowest BCUT2D eigenvalue weighted by Crippen LogP contribution is -2.41. The first-order valence-corrected chi connectivity index (χ1v) is 12.5. The van der Waals surface area contributed by atoms with Crippen LogP contribution in [-0.2, 0) is 4.74 Å². The molecule has 0 aliphatic carbocycles. The number of hydrogen-bond donors (Lipinski definition) is 1. The van der Waals surface area contributed by atoms with Crippen LogP contribution in [0.1, 0.15) is 59.7 Å².